The van der Waals surface area contributed by atoms with E-state index < -0.39 is 0 Å². The van der Waals surface area contributed by atoms with Gasteiger partial charge in [0.25, 0.3) is 0 Å². The van der Waals surface area contributed by atoms with Crippen LogP contribution in [0.2, 0.25) is 0 Å². The first-order valence-corrected chi connectivity index (χ1v) is 6.51. The lowest BCUT2D eigenvalue weighted by atomic mass is 10.0. The van der Waals surface area contributed by atoms with Gasteiger partial charge in [-0.05, 0) is 12.5 Å². The number of carbonyl (C=O) groups excluding carboxylic acids is 1. The molecular formula is C15H24NO2+. The Morgan fingerprint density at radius 1 is 1.22 bits per heavy atom. The molecule has 1 aromatic rings. The first-order chi connectivity index (χ1) is 8.54. The summed E-state index contributed by atoms with van der Waals surface area (Å²) >= 11 is 0. The van der Waals surface area contributed by atoms with Crippen LogP contribution in [0.5, 0.6) is 0 Å². The molecule has 0 saturated carbocycles. The number of nitrogens with two attached hydrogens (primary N) is 1. The number of ether oxygens (including phenoxy) is 1. The van der Waals surface area contributed by atoms with Crippen LogP contribution in [0.1, 0.15) is 26.3 Å². The van der Waals surface area contributed by atoms with E-state index in [-0.39, 0.29) is 12.0 Å². The van der Waals surface area contributed by atoms with E-state index >= 15 is 0 Å². The molecule has 2 atom stereocenters. The first kappa shape index (κ1) is 14.7. The Kier molecular flexibility index (Phi) is 5.86. The molecule has 0 aliphatic carbocycles. The van der Waals surface area contributed by atoms with Crippen LogP contribution in [0.25, 0.3) is 0 Å². The highest BCUT2D eigenvalue weighted by Crippen LogP contribution is 2.03. The van der Waals surface area contributed by atoms with Gasteiger partial charge in [0.15, 0.2) is 6.04 Å². The van der Waals surface area contributed by atoms with Gasteiger partial charge < -0.3 is 10.1 Å². The second-order valence-electron chi connectivity index (χ2n) is 5.11. The smallest absolute Gasteiger partial charge is 0.364 e. The lowest BCUT2D eigenvalue weighted by Crippen LogP contribution is -2.97. The van der Waals surface area contributed by atoms with Gasteiger partial charge in [-0.1, -0.05) is 44.2 Å². The van der Waals surface area contributed by atoms with Crippen LogP contribution < -0.4 is 5.32 Å². The average Bonchev–Trinajstić information content (AvgIpc) is 2.38. The van der Waals surface area contributed by atoms with E-state index in [4.69, 9.17) is 4.74 Å². The normalized spacial score (nSPS) is 14.3. The minimum Gasteiger partial charge on any atom is -0.465 e. The fourth-order valence-electron chi connectivity index (χ4n) is 1.84. The zero-order valence-corrected chi connectivity index (χ0v) is 11.7. The molecular weight excluding hydrogens is 226 g/mol. The third kappa shape index (κ3) is 4.49. The second kappa shape index (κ2) is 7.17. The quantitative estimate of drug-likeness (QED) is 0.775. The van der Waals surface area contributed by atoms with Crippen LogP contribution in [0.4, 0.5) is 0 Å². The number of methoxy groups -OCH3 is 1. The predicted octanol–water partition coefficient (Wildman–Crippen LogP) is 1.38. The molecule has 0 amide bonds. The number of esters is 1. The summed E-state index contributed by atoms with van der Waals surface area (Å²) in [5, 5.41) is 2.11. The van der Waals surface area contributed by atoms with Crippen LogP contribution in [0, 0.1) is 5.92 Å². The molecule has 3 nitrogen and oxygen atoms in total. The molecule has 18 heavy (non-hydrogen) atoms. The fourth-order valence-corrected chi connectivity index (χ4v) is 1.84. The Hall–Kier alpha value is -1.35. The topological polar surface area (TPSA) is 42.9 Å². The third-order valence-corrected chi connectivity index (χ3v) is 3.39. The number of carbonyl (C=O) groups is 1. The van der Waals surface area contributed by atoms with Gasteiger partial charge in [0.1, 0.15) is 0 Å². The molecule has 0 radical (unpaired) electrons. The minimum absolute atomic E-state index is 0.147. The summed E-state index contributed by atoms with van der Waals surface area (Å²) in [6, 6.07) is 10.3. The zero-order valence-electron chi connectivity index (χ0n) is 11.7. The molecule has 0 aliphatic heterocycles. The van der Waals surface area contributed by atoms with Crippen molar-refractivity contribution >= 4 is 5.97 Å². The number of hydrogen-bond acceptors (Lipinski definition) is 2. The summed E-state index contributed by atoms with van der Waals surface area (Å²) in [6.07, 6.45) is 0.713. The summed E-state index contributed by atoms with van der Waals surface area (Å²) in [6.45, 7) is 6.47. The molecule has 0 fully saturated rings. The van der Waals surface area contributed by atoms with Crippen LogP contribution in [-0.4, -0.2) is 25.2 Å². The summed E-state index contributed by atoms with van der Waals surface area (Å²) in [5.74, 6) is 0.388. The van der Waals surface area contributed by atoms with Crippen molar-refractivity contribution in [3.63, 3.8) is 0 Å². The molecule has 100 valence electrons. The summed E-state index contributed by atoms with van der Waals surface area (Å²) in [5.41, 5.74) is 1.17. The largest absolute Gasteiger partial charge is 0.465 e. The van der Waals surface area contributed by atoms with Crippen molar-refractivity contribution < 1.29 is 14.8 Å². The van der Waals surface area contributed by atoms with E-state index in [2.05, 4.69) is 26.1 Å². The van der Waals surface area contributed by atoms with Crippen molar-refractivity contribution in [1.82, 2.24) is 0 Å². The molecule has 0 saturated heterocycles. The van der Waals surface area contributed by atoms with Gasteiger partial charge in [-0.15, -0.1) is 0 Å². The first-order valence-electron chi connectivity index (χ1n) is 6.51. The Labute approximate surface area is 110 Å². The molecule has 1 aromatic carbocycles. The van der Waals surface area contributed by atoms with Gasteiger partial charge >= 0.3 is 5.97 Å². The van der Waals surface area contributed by atoms with E-state index in [0.717, 1.165) is 0 Å². The highest BCUT2D eigenvalue weighted by molar-refractivity contribution is 5.74. The summed E-state index contributed by atoms with van der Waals surface area (Å²) in [4.78, 5) is 11.8. The van der Waals surface area contributed by atoms with Crippen molar-refractivity contribution in [2.45, 2.75) is 39.3 Å². The van der Waals surface area contributed by atoms with Crippen molar-refractivity contribution in [2.75, 3.05) is 7.11 Å². The van der Waals surface area contributed by atoms with E-state index in [1.54, 1.807) is 0 Å². The zero-order chi connectivity index (χ0) is 13.5. The molecule has 0 heterocycles. The lowest BCUT2D eigenvalue weighted by Gasteiger charge is -2.20. The number of rotatable bonds is 6. The number of benzene rings is 1. The Morgan fingerprint density at radius 3 is 2.33 bits per heavy atom. The summed E-state index contributed by atoms with van der Waals surface area (Å²) < 4.78 is 4.90. The van der Waals surface area contributed by atoms with E-state index in [1.807, 2.05) is 30.3 Å². The van der Waals surface area contributed by atoms with Crippen molar-refractivity contribution in [3.8, 4) is 0 Å². The average molecular weight is 250 g/mol. The molecule has 0 unspecified atom stereocenters. The SMILES string of the molecule is COC(=O)[C@@H](Cc1ccccc1)[NH2+][C@@H](C)C(C)C. The monoisotopic (exact) mass is 250 g/mol. The lowest BCUT2D eigenvalue weighted by molar-refractivity contribution is -0.713. The maximum absolute atomic E-state index is 11.8. The number of quaternary nitrogens is 1. The van der Waals surface area contributed by atoms with Gasteiger partial charge in [0.2, 0.25) is 0 Å². The molecule has 0 aliphatic rings. The van der Waals surface area contributed by atoms with Crippen LogP contribution in [0.3, 0.4) is 0 Å². The van der Waals surface area contributed by atoms with Gasteiger partial charge in [-0.25, -0.2) is 4.79 Å². The standard InChI is InChI=1S/C15H23NO2/c1-11(2)12(3)16-14(15(17)18-4)10-13-8-6-5-7-9-13/h5-9,11-12,14,16H,10H2,1-4H3/p+1/t12-,14+/m0/s1. The Balaban J connectivity index is 2.70. The summed E-state index contributed by atoms with van der Waals surface area (Å²) in [7, 11) is 1.45. The maximum Gasteiger partial charge on any atom is 0.364 e. The Bertz CT molecular complexity index is 362. The predicted molar refractivity (Wildman–Crippen MR) is 72.2 cm³/mol. The molecule has 1 rings (SSSR count). The van der Waals surface area contributed by atoms with Crippen molar-refractivity contribution in [2.24, 2.45) is 5.92 Å². The fraction of sp³-hybridized carbons (Fsp3) is 0.533. The third-order valence-electron chi connectivity index (χ3n) is 3.39. The molecule has 3 heteroatoms. The van der Waals surface area contributed by atoms with E-state index in [9.17, 15) is 4.79 Å². The molecule has 0 bridgehead atoms. The van der Waals surface area contributed by atoms with Gasteiger partial charge in [0.05, 0.1) is 13.2 Å². The van der Waals surface area contributed by atoms with Gasteiger partial charge in [-0.2, -0.15) is 0 Å². The van der Waals surface area contributed by atoms with Gasteiger partial charge in [-0.3, -0.25) is 0 Å². The van der Waals surface area contributed by atoms with Crippen LogP contribution in [-0.2, 0) is 16.0 Å². The van der Waals surface area contributed by atoms with Crippen LogP contribution >= 0.6 is 0 Å². The Morgan fingerprint density at radius 2 is 1.83 bits per heavy atom. The highest BCUT2D eigenvalue weighted by Gasteiger charge is 2.26. The molecule has 0 spiro atoms. The van der Waals surface area contributed by atoms with Crippen molar-refractivity contribution in [3.05, 3.63) is 35.9 Å². The maximum atomic E-state index is 11.8. The van der Waals surface area contributed by atoms with Crippen molar-refractivity contribution in [1.29, 1.82) is 0 Å². The van der Waals surface area contributed by atoms with Crippen LogP contribution in [0.15, 0.2) is 30.3 Å². The highest BCUT2D eigenvalue weighted by atomic mass is 16.5. The van der Waals surface area contributed by atoms with E-state index in [0.29, 0.717) is 18.4 Å². The second-order valence-corrected chi connectivity index (χ2v) is 5.11. The number of hydrogen-bond donors (Lipinski definition) is 1. The van der Waals surface area contributed by atoms with Gasteiger partial charge in [0, 0.05) is 12.3 Å². The molecule has 2 N–H and O–H groups in total. The minimum atomic E-state index is -0.158. The molecule has 0 aromatic heterocycles. The van der Waals surface area contributed by atoms with E-state index in [1.165, 1.54) is 12.7 Å².